The van der Waals surface area contributed by atoms with Crippen LogP contribution in [0.4, 0.5) is 5.69 Å². The van der Waals surface area contributed by atoms with Crippen LogP contribution in [0.1, 0.15) is 24.2 Å². The van der Waals surface area contributed by atoms with Gasteiger partial charge in [0.1, 0.15) is 0 Å². The van der Waals surface area contributed by atoms with Gasteiger partial charge in [-0.25, -0.2) is 4.79 Å². The predicted octanol–water partition coefficient (Wildman–Crippen LogP) is 2.57. The number of nitrogens with zero attached hydrogens (tertiary/aromatic N) is 2. The molecule has 1 aliphatic rings. The zero-order chi connectivity index (χ0) is 14.2. The Bertz CT molecular complexity index is 502. The molecule has 0 bridgehead atoms. The van der Waals surface area contributed by atoms with E-state index in [0.29, 0.717) is 10.7 Å². The summed E-state index contributed by atoms with van der Waals surface area (Å²) in [6.45, 7) is 6.72. The average molecular weight is 283 g/mol. The maximum atomic E-state index is 11.3. The summed E-state index contributed by atoms with van der Waals surface area (Å²) in [5.41, 5.74) is 0.901. The highest BCUT2D eigenvalue weighted by molar-refractivity contribution is 6.34. The van der Waals surface area contributed by atoms with Crippen molar-refractivity contribution in [1.82, 2.24) is 4.90 Å². The van der Waals surface area contributed by atoms with Crippen molar-refractivity contribution in [1.29, 1.82) is 0 Å². The van der Waals surface area contributed by atoms with Crippen LogP contribution in [-0.4, -0.2) is 48.2 Å². The highest BCUT2D eigenvalue weighted by Gasteiger charge is 2.33. The molecule has 5 heteroatoms. The zero-order valence-corrected chi connectivity index (χ0v) is 12.2. The van der Waals surface area contributed by atoms with Crippen LogP contribution >= 0.6 is 11.6 Å². The van der Waals surface area contributed by atoms with Gasteiger partial charge in [0.05, 0.1) is 16.3 Å². The Morgan fingerprint density at radius 3 is 2.63 bits per heavy atom. The molecule has 0 amide bonds. The molecule has 0 aliphatic carbocycles. The van der Waals surface area contributed by atoms with Gasteiger partial charge in [0.25, 0.3) is 0 Å². The maximum Gasteiger partial charge on any atom is 0.337 e. The van der Waals surface area contributed by atoms with Gasteiger partial charge in [0, 0.05) is 25.2 Å². The molecule has 1 heterocycles. The summed E-state index contributed by atoms with van der Waals surface area (Å²) in [6.07, 6.45) is 0. The Morgan fingerprint density at radius 1 is 1.37 bits per heavy atom. The van der Waals surface area contributed by atoms with Crippen molar-refractivity contribution in [2.75, 3.05) is 31.6 Å². The highest BCUT2D eigenvalue weighted by Crippen LogP contribution is 2.33. The highest BCUT2D eigenvalue weighted by atomic mass is 35.5. The number of piperazine rings is 1. The van der Waals surface area contributed by atoms with Gasteiger partial charge in [-0.3, -0.25) is 4.90 Å². The predicted molar refractivity (Wildman–Crippen MR) is 77.3 cm³/mol. The van der Waals surface area contributed by atoms with Crippen LogP contribution in [0.3, 0.4) is 0 Å². The number of benzene rings is 1. The van der Waals surface area contributed by atoms with Crippen LogP contribution in [0.25, 0.3) is 0 Å². The number of hydrogen-bond donors (Lipinski definition) is 1. The number of anilines is 1. The van der Waals surface area contributed by atoms with Gasteiger partial charge in [-0.05, 0) is 33.0 Å². The fourth-order valence-corrected chi connectivity index (χ4v) is 2.73. The molecule has 1 aliphatic heterocycles. The summed E-state index contributed by atoms with van der Waals surface area (Å²) in [5, 5.41) is 9.81. The molecule has 0 aromatic heterocycles. The Balaban J connectivity index is 2.40. The second-order valence-corrected chi connectivity index (χ2v) is 6.00. The molecule has 1 N–H and O–H groups in total. The Labute approximate surface area is 118 Å². The van der Waals surface area contributed by atoms with Crippen LogP contribution in [0.2, 0.25) is 5.02 Å². The van der Waals surface area contributed by atoms with Crippen molar-refractivity contribution < 1.29 is 9.90 Å². The lowest BCUT2D eigenvalue weighted by Gasteiger charge is -2.46. The molecule has 0 unspecified atom stereocenters. The van der Waals surface area contributed by atoms with Gasteiger partial charge in [-0.15, -0.1) is 0 Å². The molecule has 0 saturated carbocycles. The van der Waals surface area contributed by atoms with Gasteiger partial charge in [0.2, 0.25) is 0 Å². The molecule has 1 fully saturated rings. The van der Waals surface area contributed by atoms with Crippen molar-refractivity contribution in [3.8, 4) is 0 Å². The number of hydrogen-bond acceptors (Lipinski definition) is 3. The normalized spacial score (nSPS) is 19.5. The number of para-hydroxylation sites is 1. The second kappa shape index (κ2) is 5.02. The van der Waals surface area contributed by atoms with Gasteiger partial charge in [0.15, 0.2) is 0 Å². The molecular formula is C14H19ClN2O2. The van der Waals surface area contributed by atoms with Crippen LogP contribution in [-0.2, 0) is 0 Å². The third-order valence-electron chi connectivity index (χ3n) is 3.85. The summed E-state index contributed by atoms with van der Waals surface area (Å²) in [7, 11) is 2.09. The smallest absolute Gasteiger partial charge is 0.337 e. The molecule has 2 rings (SSSR count). The quantitative estimate of drug-likeness (QED) is 0.905. The van der Waals surface area contributed by atoms with Crippen LogP contribution in [0.5, 0.6) is 0 Å². The van der Waals surface area contributed by atoms with Crippen LogP contribution < -0.4 is 4.90 Å². The number of carbonyl (C=O) groups is 1. The first-order valence-electron chi connectivity index (χ1n) is 6.31. The summed E-state index contributed by atoms with van der Waals surface area (Å²) in [6, 6.07) is 5.03. The summed E-state index contributed by atoms with van der Waals surface area (Å²) in [4.78, 5) is 15.7. The van der Waals surface area contributed by atoms with E-state index in [9.17, 15) is 9.90 Å². The standard InChI is InChI=1S/C14H19ClN2O2/c1-14(2)9-17(8-7-16(14)3)12-10(13(18)19)5-4-6-11(12)15/h4-6H,7-9H2,1-3H3,(H,18,19). The van der Waals surface area contributed by atoms with Crippen molar-refractivity contribution in [3.05, 3.63) is 28.8 Å². The number of likely N-dealkylation sites (N-methyl/N-ethyl adjacent to an activating group) is 1. The van der Waals surface area contributed by atoms with Crippen molar-refractivity contribution in [2.24, 2.45) is 0 Å². The minimum absolute atomic E-state index is 0.00675. The first-order valence-corrected chi connectivity index (χ1v) is 6.69. The van der Waals surface area contributed by atoms with E-state index in [0.717, 1.165) is 19.6 Å². The molecule has 1 saturated heterocycles. The fraction of sp³-hybridized carbons (Fsp3) is 0.500. The minimum atomic E-state index is -0.936. The van der Waals surface area contributed by atoms with E-state index < -0.39 is 5.97 Å². The Kier molecular flexibility index (Phi) is 3.74. The fourth-order valence-electron chi connectivity index (χ4n) is 2.44. The molecule has 1 aromatic rings. The topological polar surface area (TPSA) is 43.8 Å². The van der Waals surface area contributed by atoms with Gasteiger partial charge < -0.3 is 10.0 Å². The van der Waals surface area contributed by atoms with Crippen molar-refractivity contribution in [3.63, 3.8) is 0 Å². The molecule has 0 radical (unpaired) electrons. The monoisotopic (exact) mass is 282 g/mol. The first kappa shape index (κ1) is 14.2. The lowest BCUT2D eigenvalue weighted by molar-refractivity contribution is 0.0696. The third kappa shape index (κ3) is 2.69. The Hall–Kier alpha value is -1.26. The number of carboxylic acids is 1. The molecule has 1 aromatic carbocycles. The number of carboxylic acid groups (broad SMARTS) is 1. The van der Waals surface area contributed by atoms with Crippen LogP contribution in [0.15, 0.2) is 18.2 Å². The summed E-state index contributed by atoms with van der Waals surface area (Å²) in [5.74, 6) is -0.936. The average Bonchev–Trinajstić information content (AvgIpc) is 2.32. The van der Waals surface area contributed by atoms with E-state index >= 15 is 0 Å². The largest absolute Gasteiger partial charge is 0.478 e. The molecule has 19 heavy (non-hydrogen) atoms. The first-order chi connectivity index (χ1) is 8.83. The number of halogens is 1. The minimum Gasteiger partial charge on any atom is -0.478 e. The SMILES string of the molecule is CN1CCN(c2c(Cl)cccc2C(=O)O)CC1(C)C. The lowest BCUT2D eigenvalue weighted by atomic mass is 9.98. The molecule has 0 atom stereocenters. The van der Waals surface area contributed by atoms with E-state index in [-0.39, 0.29) is 11.1 Å². The maximum absolute atomic E-state index is 11.3. The summed E-state index contributed by atoms with van der Waals surface area (Å²) < 4.78 is 0. The van der Waals surface area contributed by atoms with Gasteiger partial charge in [-0.1, -0.05) is 17.7 Å². The van der Waals surface area contributed by atoms with E-state index in [4.69, 9.17) is 11.6 Å². The van der Waals surface area contributed by atoms with E-state index in [1.54, 1.807) is 18.2 Å². The Morgan fingerprint density at radius 2 is 2.05 bits per heavy atom. The van der Waals surface area contributed by atoms with Crippen LogP contribution in [0, 0.1) is 0 Å². The third-order valence-corrected chi connectivity index (χ3v) is 4.15. The van der Waals surface area contributed by atoms with Gasteiger partial charge >= 0.3 is 5.97 Å². The molecule has 104 valence electrons. The zero-order valence-electron chi connectivity index (χ0n) is 11.5. The molecular weight excluding hydrogens is 264 g/mol. The second-order valence-electron chi connectivity index (χ2n) is 5.60. The number of rotatable bonds is 2. The van der Waals surface area contributed by atoms with E-state index in [2.05, 4.69) is 30.7 Å². The summed E-state index contributed by atoms with van der Waals surface area (Å²) >= 11 is 6.22. The van der Waals surface area contributed by atoms with Gasteiger partial charge in [-0.2, -0.15) is 0 Å². The van der Waals surface area contributed by atoms with E-state index in [1.165, 1.54) is 0 Å². The van der Waals surface area contributed by atoms with Crippen molar-refractivity contribution in [2.45, 2.75) is 19.4 Å². The van der Waals surface area contributed by atoms with E-state index in [1.807, 2.05) is 0 Å². The van der Waals surface area contributed by atoms with Crippen molar-refractivity contribution >= 4 is 23.3 Å². The lowest BCUT2D eigenvalue weighted by Crippen LogP contribution is -2.58. The molecule has 4 nitrogen and oxygen atoms in total. The number of aromatic carboxylic acids is 1. The molecule has 0 spiro atoms.